The molecule has 6 nitrogen and oxygen atoms in total. The predicted molar refractivity (Wildman–Crippen MR) is 80.4 cm³/mol. The first-order chi connectivity index (χ1) is 10.1. The Morgan fingerprint density at radius 2 is 2.19 bits per heavy atom. The zero-order valence-corrected chi connectivity index (χ0v) is 12.8. The number of rotatable bonds is 5. The molecular weight excluding hydrogens is 286 g/mol. The van der Waals surface area contributed by atoms with Crippen molar-refractivity contribution in [3.05, 3.63) is 29.8 Å². The van der Waals surface area contributed by atoms with Gasteiger partial charge in [-0.1, -0.05) is 30.0 Å². The maximum Gasteiger partial charge on any atom is 0.233 e. The second kappa shape index (κ2) is 5.85. The van der Waals surface area contributed by atoms with Crippen molar-refractivity contribution in [1.29, 1.82) is 0 Å². The first-order valence-electron chi connectivity index (χ1n) is 6.96. The summed E-state index contributed by atoms with van der Waals surface area (Å²) in [7, 11) is 0. The number of carbonyl (C=O) groups excluding carboxylic acids is 1. The highest BCUT2D eigenvalue weighted by atomic mass is 32.2. The van der Waals surface area contributed by atoms with Crippen molar-refractivity contribution < 1.29 is 4.79 Å². The molecule has 1 saturated carbocycles. The van der Waals surface area contributed by atoms with Gasteiger partial charge in [0.05, 0.1) is 10.9 Å². The first kappa shape index (κ1) is 14.1. The molecule has 21 heavy (non-hydrogen) atoms. The largest absolute Gasteiger partial charge is 0.352 e. The Morgan fingerprint density at radius 3 is 2.90 bits per heavy atom. The highest BCUT2D eigenvalue weighted by Gasteiger charge is 2.27. The van der Waals surface area contributed by atoms with E-state index in [1.807, 2.05) is 38.1 Å². The summed E-state index contributed by atoms with van der Waals surface area (Å²) >= 11 is 1.37. The van der Waals surface area contributed by atoms with Crippen LogP contribution in [0.2, 0.25) is 0 Å². The van der Waals surface area contributed by atoms with Gasteiger partial charge in [0, 0.05) is 6.04 Å². The van der Waals surface area contributed by atoms with Crippen LogP contribution in [-0.2, 0) is 4.79 Å². The van der Waals surface area contributed by atoms with Crippen LogP contribution in [0.25, 0.3) is 5.69 Å². The van der Waals surface area contributed by atoms with Crippen LogP contribution in [0.15, 0.2) is 29.4 Å². The average molecular weight is 303 g/mol. The summed E-state index contributed by atoms with van der Waals surface area (Å²) < 4.78 is 1.68. The van der Waals surface area contributed by atoms with E-state index in [-0.39, 0.29) is 11.2 Å². The molecule has 0 saturated heterocycles. The zero-order chi connectivity index (χ0) is 14.8. The van der Waals surface area contributed by atoms with Gasteiger partial charge >= 0.3 is 0 Å². The van der Waals surface area contributed by atoms with Gasteiger partial charge in [-0.2, -0.15) is 4.68 Å². The van der Waals surface area contributed by atoms with Gasteiger partial charge in [0.1, 0.15) is 0 Å². The van der Waals surface area contributed by atoms with E-state index in [0.29, 0.717) is 11.2 Å². The quantitative estimate of drug-likeness (QED) is 0.852. The lowest BCUT2D eigenvalue weighted by atomic mass is 10.2. The highest BCUT2D eigenvalue weighted by molar-refractivity contribution is 8.00. The summed E-state index contributed by atoms with van der Waals surface area (Å²) in [4.78, 5) is 12.0. The van der Waals surface area contributed by atoms with E-state index in [1.165, 1.54) is 11.8 Å². The number of thioether (sulfide) groups is 1. The van der Waals surface area contributed by atoms with E-state index in [9.17, 15) is 4.79 Å². The van der Waals surface area contributed by atoms with E-state index in [4.69, 9.17) is 0 Å². The van der Waals surface area contributed by atoms with Crippen LogP contribution in [0.1, 0.15) is 25.3 Å². The van der Waals surface area contributed by atoms with Gasteiger partial charge in [-0.15, -0.1) is 5.10 Å². The molecule has 0 bridgehead atoms. The monoisotopic (exact) mass is 303 g/mol. The van der Waals surface area contributed by atoms with E-state index < -0.39 is 0 Å². The Morgan fingerprint density at radius 1 is 1.43 bits per heavy atom. The maximum atomic E-state index is 12.0. The first-order valence-corrected chi connectivity index (χ1v) is 7.84. The Labute approximate surface area is 127 Å². The van der Waals surface area contributed by atoms with Crippen molar-refractivity contribution in [2.75, 3.05) is 0 Å². The fourth-order valence-electron chi connectivity index (χ4n) is 1.96. The van der Waals surface area contributed by atoms with Gasteiger partial charge < -0.3 is 5.32 Å². The second-order valence-electron chi connectivity index (χ2n) is 5.20. The Balaban J connectivity index is 1.76. The van der Waals surface area contributed by atoms with Crippen molar-refractivity contribution in [3.63, 3.8) is 0 Å². The van der Waals surface area contributed by atoms with Gasteiger partial charge in [0.15, 0.2) is 0 Å². The lowest BCUT2D eigenvalue weighted by Crippen LogP contribution is -2.32. The van der Waals surface area contributed by atoms with Crippen LogP contribution in [0, 0.1) is 6.92 Å². The minimum atomic E-state index is -0.223. The molecule has 110 valence electrons. The number of nitrogens with one attached hydrogen (secondary N) is 1. The van der Waals surface area contributed by atoms with Crippen LogP contribution >= 0.6 is 11.8 Å². The molecule has 1 aliphatic rings. The van der Waals surface area contributed by atoms with Crippen LogP contribution in [0.4, 0.5) is 0 Å². The minimum absolute atomic E-state index is 0.0434. The number of aryl methyl sites for hydroxylation is 1. The number of nitrogens with zero attached hydrogens (tertiary/aromatic N) is 4. The molecular formula is C14H17N5OS. The zero-order valence-electron chi connectivity index (χ0n) is 12.0. The standard InChI is InChI=1S/C14H17N5OS/c1-9-5-3-4-6-12(9)19-14(16-17-18-19)21-10(2)13(20)15-11-7-8-11/h3-6,10-11H,7-8H2,1-2H3,(H,15,20). The van der Waals surface area contributed by atoms with Crippen molar-refractivity contribution in [2.24, 2.45) is 0 Å². The Kier molecular flexibility index (Phi) is 3.92. The molecule has 1 aromatic carbocycles. The molecule has 7 heteroatoms. The summed E-state index contributed by atoms with van der Waals surface area (Å²) in [6.07, 6.45) is 2.17. The van der Waals surface area contributed by atoms with Crippen molar-refractivity contribution >= 4 is 17.7 Å². The van der Waals surface area contributed by atoms with Crippen LogP contribution in [0.3, 0.4) is 0 Å². The third-order valence-corrected chi connectivity index (χ3v) is 4.39. The highest BCUT2D eigenvalue weighted by Crippen LogP contribution is 2.25. The molecule has 0 aliphatic heterocycles. The fourth-order valence-corrected chi connectivity index (χ4v) is 2.77. The van der Waals surface area contributed by atoms with E-state index in [1.54, 1.807) is 4.68 Å². The van der Waals surface area contributed by atoms with Crippen LogP contribution in [-0.4, -0.2) is 37.4 Å². The molecule has 1 amide bonds. The summed E-state index contributed by atoms with van der Waals surface area (Å²) in [5, 5.41) is 15.2. The molecule has 1 fully saturated rings. The average Bonchev–Trinajstić information content (AvgIpc) is 3.17. The smallest absolute Gasteiger partial charge is 0.233 e. The molecule has 1 N–H and O–H groups in total. The minimum Gasteiger partial charge on any atom is -0.352 e. The molecule has 2 aromatic rings. The number of para-hydroxylation sites is 1. The third kappa shape index (κ3) is 3.24. The maximum absolute atomic E-state index is 12.0. The van der Waals surface area contributed by atoms with Gasteiger partial charge in [-0.05, 0) is 48.7 Å². The molecule has 1 atom stereocenters. The molecule has 1 heterocycles. The second-order valence-corrected chi connectivity index (χ2v) is 6.51. The molecule has 1 aliphatic carbocycles. The van der Waals surface area contributed by atoms with E-state index in [0.717, 1.165) is 24.1 Å². The van der Waals surface area contributed by atoms with E-state index in [2.05, 4.69) is 20.8 Å². The number of aromatic nitrogens is 4. The number of hydrogen-bond donors (Lipinski definition) is 1. The topological polar surface area (TPSA) is 72.7 Å². The van der Waals surface area contributed by atoms with Crippen LogP contribution in [0.5, 0.6) is 0 Å². The normalized spacial score (nSPS) is 15.7. The van der Waals surface area contributed by atoms with Crippen molar-refractivity contribution in [1.82, 2.24) is 25.5 Å². The molecule has 3 rings (SSSR count). The summed E-state index contributed by atoms with van der Waals surface area (Å²) in [5.74, 6) is 0.0434. The SMILES string of the molecule is Cc1ccccc1-n1nnnc1SC(C)C(=O)NC1CC1. The number of hydrogen-bond acceptors (Lipinski definition) is 5. The lowest BCUT2D eigenvalue weighted by molar-refractivity contribution is -0.120. The lowest BCUT2D eigenvalue weighted by Gasteiger charge is -2.11. The number of amides is 1. The number of carbonyl (C=O) groups is 1. The van der Waals surface area contributed by atoms with Crippen molar-refractivity contribution in [2.45, 2.75) is 43.1 Å². The Bertz CT molecular complexity index is 652. The summed E-state index contributed by atoms with van der Waals surface area (Å²) in [6, 6.07) is 8.26. The van der Waals surface area contributed by atoms with Gasteiger partial charge in [0.2, 0.25) is 11.1 Å². The Hall–Kier alpha value is -1.89. The van der Waals surface area contributed by atoms with E-state index >= 15 is 0 Å². The summed E-state index contributed by atoms with van der Waals surface area (Å²) in [5.41, 5.74) is 2.02. The van der Waals surface area contributed by atoms with Gasteiger partial charge in [-0.3, -0.25) is 4.79 Å². The molecule has 1 unspecified atom stereocenters. The van der Waals surface area contributed by atoms with Gasteiger partial charge in [-0.25, -0.2) is 0 Å². The number of tetrazole rings is 1. The number of benzene rings is 1. The molecule has 0 radical (unpaired) electrons. The predicted octanol–water partition coefficient (Wildman–Crippen LogP) is 1.73. The summed E-state index contributed by atoms with van der Waals surface area (Å²) in [6.45, 7) is 3.88. The van der Waals surface area contributed by atoms with Gasteiger partial charge in [0.25, 0.3) is 0 Å². The van der Waals surface area contributed by atoms with Crippen molar-refractivity contribution in [3.8, 4) is 5.69 Å². The fraction of sp³-hybridized carbons (Fsp3) is 0.429. The van der Waals surface area contributed by atoms with Crippen LogP contribution < -0.4 is 5.32 Å². The molecule has 1 aromatic heterocycles. The third-order valence-electron chi connectivity index (χ3n) is 3.36. The molecule has 0 spiro atoms.